The third kappa shape index (κ3) is 8.47. The van der Waals surface area contributed by atoms with Gasteiger partial charge >= 0.3 is 12.2 Å². The van der Waals surface area contributed by atoms with Crippen molar-refractivity contribution in [1.29, 1.82) is 0 Å². The van der Waals surface area contributed by atoms with Crippen LogP contribution in [0.3, 0.4) is 0 Å². The first kappa shape index (κ1) is 31.0. The molecule has 3 aromatic rings. The lowest BCUT2D eigenvalue weighted by Crippen LogP contribution is -2.40. The molecule has 216 valence electrons. The quantitative estimate of drug-likeness (QED) is 0.268. The van der Waals surface area contributed by atoms with Gasteiger partial charge in [-0.2, -0.15) is 0 Å². The minimum Gasteiger partial charge on any atom is -0.447 e. The van der Waals surface area contributed by atoms with Crippen molar-refractivity contribution < 1.29 is 31.9 Å². The van der Waals surface area contributed by atoms with Crippen molar-refractivity contribution in [3.05, 3.63) is 48.4 Å². The van der Waals surface area contributed by atoms with Gasteiger partial charge in [0.1, 0.15) is 10.8 Å². The van der Waals surface area contributed by atoms with E-state index in [4.69, 9.17) is 9.47 Å². The van der Waals surface area contributed by atoms with Crippen molar-refractivity contribution in [3.8, 4) is 21.0 Å². The minimum absolute atomic E-state index is 0.0492. The Morgan fingerprint density at radius 1 is 0.950 bits per heavy atom. The number of sulfonamides is 1. The number of hydrogen-bond donors (Lipinski definition) is 3. The van der Waals surface area contributed by atoms with E-state index in [-0.39, 0.29) is 28.5 Å². The summed E-state index contributed by atoms with van der Waals surface area (Å²) in [4.78, 5) is 28.7. The van der Waals surface area contributed by atoms with Crippen LogP contribution in [0.25, 0.3) is 21.0 Å². The topological polar surface area (TPSA) is 136 Å². The molecule has 1 aromatic heterocycles. The number of nitrogens with zero attached hydrogens (tertiary/aromatic N) is 1. The van der Waals surface area contributed by atoms with Gasteiger partial charge in [-0.3, -0.25) is 10.6 Å². The molecule has 0 saturated carbocycles. The Balaban J connectivity index is 1.97. The van der Waals surface area contributed by atoms with E-state index in [1.165, 1.54) is 24.4 Å². The van der Waals surface area contributed by atoms with Crippen LogP contribution in [0.4, 0.5) is 25.4 Å². The van der Waals surface area contributed by atoms with E-state index in [0.29, 0.717) is 21.0 Å². The molecule has 0 radical (unpaired) electrons. The molecule has 3 N–H and O–H groups in total. The Labute approximate surface area is 237 Å². The fourth-order valence-corrected chi connectivity index (χ4v) is 6.16. The van der Waals surface area contributed by atoms with Gasteiger partial charge in [-0.15, -0.1) is 11.3 Å². The Morgan fingerprint density at radius 3 is 2.15 bits per heavy atom. The largest absolute Gasteiger partial charge is 0.447 e. The second-order valence-corrected chi connectivity index (χ2v) is 13.1. The predicted octanol–water partition coefficient (Wildman–Crippen LogP) is 6.61. The number of ether oxygens (including phenoxy) is 2. The van der Waals surface area contributed by atoms with Crippen molar-refractivity contribution in [1.82, 2.24) is 9.71 Å². The van der Waals surface area contributed by atoms with Crippen LogP contribution < -0.4 is 15.4 Å². The fraction of sp³-hybridized carbons (Fsp3) is 0.370. The number of rotatable bonds is 8. The van der Waals surface area contributed by atoms with Crippen LogP contribution in [-0.4, -0.2) is 43.3 Å². The number of aromatic nitrogens is 1. The van der Waals surface area contributed by atoms with Crippen LogP contribution in [0, 0.1) is 5.82 Å². The van der Waals surface area contributed by atoms with Gasteiger partial charge in [-0.05, 0) is 78.8 Å². The molecule has 0 fully saturated rings. The first-order chi connectivity index (χ1) is 18.5. The van der Waals surface area contributed by atoms with Gasteiger partial charge in [0, 0.05) is 28.6 Å². The van der Waals surface area contributed by atoms with Gasteiger partial charge in [-0.25, -0.2) is 32.1 Å². The predicted molar refractivity (Wildman–Crippen MR) is 153 cm³/mol. The summed E-state index contributed by atoms with van der Waals surface area (Å²) in [5.74, 6) is -0.684. The van der Waals surface area contributed by atoms with Gasteiger partial charge in [0.05, 0.1) is 27.7 Å². The lowest BCUT2D eigenvalue weighted by Gasteiger charge is -2.22. The molecule has 0 saturated heterocycles. The molecule has 2 aromatic carbocycles. The summed E-state index contributed by atoms with van der Waals surface area (Å²) in [6, 6.07) is 8.67. The van der Waals surface area contributed by atoms with Crippen LogP contribution in [-0.2, 0) is 19.5 Å². The van der Waals surface area contributed by atoms with Crippen LogP contribution in [0.5, 0.6) is 0 Å². The summed E-state index contributed by atoms with van der Waals surface area (Å²) in [7, 11) is -4.04. The molecular formula is C27H33FN4O6S2. The summed E-state index contributed by atoms with van der Waals surface area (Å²) >= 11 is 1.16. The summed E-state index contributed by atoms with van der Waals surface area (Å²) in [6.45, 7) is 11.9. The molecule has 3 rings (SSSR count). The zero-order valence-corrected chi connectivity index (χ0v) is 24.9. The molecule has 10 nitrogen and oxygen atoms in total. The van der Waals surface area contributed by atoms with Crippen molar-refractivity contribution in [2.24, 2.45) is 0 Å². The van der Waals surface area contributed by atoms with E-state index in [1.54, 1.807) is 66.7 Å². The number of hydrogen-bond acceptors (Lipinski definition) is 8. The molecule has 0 unspecified atom stereocenters. The van der Waals surface area contributed by atoms with E-state index in [1.807, 2.05) is 0 Å². The second-order valence-electron chi connectivity index (χ2n) is 10.4. The number of amides is 2. The number of carbonyl (C=O) groups is 2. The number of halogens is 1. The van der Waals surface area contributed by atoms with Crippen LogP contribution in [0.15, 0.2) is 47.5 Å². The Hall–Kier alpha value is -3.55. The van der Waals surface area contributed by atoms with Crippen molar-refractivity contribution in [2.45, 2.75) is 71.1 Å². The van der Waals surface area contributed by atoms with Crippen LogP contribution in [0.1, 0.15) is 48.5 Å². The van der Waals surface area contributed by atoms with E-state index >= 15 is 0 Å². The smallest absolute Gasteiger partial charge is 0.411 e. The molecule has 0 atom stereocenters. The molecule has 0 aliphatic carbocycles. The standard InChI is InChI=1S/C27H33FN4O6S2/c1-15(2)37-25(33)30-18-9-10-19(23(13-18)40(35,36)32-27(5,6)7)22-14-29-24(39-22)17-8-11-21(20(28)12-17)31-26(34)38-16(3)4/h8-16,32H,1-7H3,(H,30,33)(H,31,34). The summed E-state index contributed by atoms with van der Waals surface area (Å²) in [5.41, 5.74) is 0.188. The normalized spacial score (nSPS) is 11.9. The molecule has 0 aliphatic heterocycles. The van der Waals surface area contributed by atoms with E-state index in [9.17, 15) is 22.4 Å². The third-order valence-corrected chi connectivity index (χ3v) is 7.75. The molecular weight excluding hydrogens is 559 g/mol. The molecule has 0 aliphatic rings. The maximum Gasteiger partial charge on any atom is 0.411 e. The highest BCUT2D eigenvalue weighted by atomic mass is 32.2. The highest BCUT2D eigenvalue weighted by Crippen LogP contribution is 2.37. The summed E-state index contributed by atoms with van der Waals surface area (Å²) in [5, 5.41) is 5.34. The minimum atomic E-state index is -4.04. The molecule has 13 heteroatoms. The number of nitrogens with one attached hydrogen (secondary N) is 3. The molecule has 0 spiro atoms. The van der Waals surface area contributed by atoms with Crippen molar-refractivity contribution in [3.63, 3.8) is 0 Å². The Morgan fingerprint density at radius 2 is 1.57 bits per heavy atom. The molecule has 1 heterocycles. The third-order valence-electron chi connectivity index (χ3n) is 4.87. The Kier molecular flexibility index (Phi) is 9.54. The van der Waals surface area contributed by atoms with Crippen LogP contribution in [0.2, 0.25) is 0 Å². The Bertz CT molecular complexity index is 1500. The van der Waals surface area contributed by atoms with E-state index < -0.39 is 33.6 Å². The zero-order valence-electron chi connectivity index (χ0n) is 23.3. The highest BCUT2D eigenvalue weighted by Gasteiger charge is 2.27. The van der Waals surface area contributed by atoms with Gasteiger partial charge in [0.15, 0.2) is 0 Å². The second kappa shape index (κ2) is 12.3. The number of thiazole rings is 1. The summed E-state index contributed by atoms with van der Waals surface area (Å²) < 4.78 is 54.3. The first-order valence-corrected chi connectivity index (χ1v) is 14.7. The van der Waals surface area contributed by atoms with Gasteiger partial charge in [0.25, 0.3) is 0 Å². The molecule has 40 heavy (non-hydrogen) atoms. The number of carbonyl (C=O) groups excluding carboxylic acids is 2. The molecule has 2 amide bonds. The number of benzene rings is 2. The number of anilines is 2. The lowest BCUT2D eigenvalue weighted by molar-refractivity contribution is 0.129. The van der Waals surface area contributed by atoms with E-state index in [0.717, 1.165) is 11.3 Å². The van der Waals surface area contributed by atoms with Crippen molar-refractivity contribution >= 4 is 44.9 Å². The van der Waals surface area contributed by atoms with Gasteiger partial charge < -0.3 is 9.47 Å². The maximum absolute atomic E-state index is 14.7. The lowest BCUT2D eigenvalue weighted by atomic mass is 10.1. The monoisotopic (exact) mass is 592 g/mol. The highest BCUT2D eigenvalue weighted by molar-refractivity contribution is 7.89. The van der Waals surface area contributed by atoms with Gasteiger partial charge in [-0.1, -0.05) is 6.07 Å². The SMILES string of the molecule is CC(C)OC(=O)Nc1ccc(-c2cnc(-c3ccc(NC(=O)OC(C)C)c(F)c3)s2)c(S(=O)(=O)NC(C)(C)C)c1. The van der Waals surface area contributed by atoms with Crippen LogP contribution >= 0.6 is 11.3 Å². The molecule has 0 bridgehead atoms. The van der Waals surface area contributed by atoms with Crippen molar-refractivity contribution in [2.75, 3.05) is 10.6 Å². The summed E-state index contributed by atoms with van der Waals surface area (Å²) in [6.07, 6.45) is -0.708. The average Bonchev–Trinajstić information content (AvgIpc) is 3.28. The zero-order chi connectivity index (χ0) is 29.8. The van der Waals surface area contributed by atoms with E-state index in [2.05, 4.69) is 20.3 Å². The fourth-order valence-electron chi connectivity index (χ4n) is 3.48. The maximum atomic E-state index is 14.7. The first-order valence-electron chi connectivity index (χ1n) is 12.4. The van der Waals surface area contributed by atoms with Gasteiger partial charge in [0.2, 0.25) is 10.0 Å². The average molecular weight is 593 g/mol.